The molecule has 0 aliphatic heterocycles. The average molecular weight is 571 g/mol. The van der Waals surface area contributed by atoms with Crippen molar-refractivity contribution < 1.29 is 158 Å². The molecule has 19 heteroatoms. The Kier molecular flexibility index (Phi) is 1270. The molecule has 0 saturated carbocycles. The molecule has 0 saturated heterocycles. The standard InChI is InChI=1S/H3O4P.11H2O.3Zr/c1-5(2,3)4;;;;;;;;;;;;;;/h(H3,1,2,3,4);11*1H2;;;/p+1. The Balaban J connectivity index is -0.000000000879. The van der Waals surface area contributed by atoms with Crippen LogP contribution in [-0.4, -0.2) is 69.4 Å². The van der Waals surface area contributed by atoms with E-state index in [9.17, 15) is 0 Å². The van der Waals surface area contributed by atoms with Crippen molar-refractivity contribution in [3.63, 3.8) is 0 Å². The second-order valence-electron chi connectivity index (χ2n) is 0.513. The zero-order valence-electron chi connectivity index (χ0n) is 9.27. The van der Waals surface area contributed by atoms with Crippen molar-refractivity contribution >= 4 is 7.82 Å². The van der Waals surface area contributed by atoms with Gasteiger partial charge in [-0.2, -0.15) is 0 Å². The van der Waals surface area contributed by atoms with Gasteiger partial charge in [0.2, 0.25) is 0 Å². The fourth-order valence-corrected chi connectivity index (χ4v) is 0. The topological polar surface area (TPSA) is 426 Å². The summed E-state index contributed by atoms with van der Waals surface area (Å²) in [7, 11) is -4.64. The Bertz CT molecular complexity index is 63.5. The van der Waals surface area contributed by atoms with Crippen molar-refractivity contribution in [2.75, 3.05) is 0 Å². The maximum atomic E-state index is 8.88. The first-order valence-electron chi connectivity index (χ1n) is 0.783. The minimum absolute atomic E-state index is 0. The minimum atomic E-state index is -4.64. The molecular weight excluding hydrogens is 545 g/mol. The van der Waals surface area contributed by atoms with Gasteiger partial charge in [0.15, 0.2) is 0 Å². The SMILES string of the molecule is O.O.O.O.O.O.O.O.O.O.O=P(O)(O)O.[OH3+].[Zr].[Zr].[Zr]. The molecule has 0 radical (unpaired) electrons. The number of hydrogen-bond acceptors (Lipinski definition) is 1. The third-order valence-electron chi connectivity index (χ3n) is 0. The van der Waals surface area contributed by atoms with Crippen molar-refractivity contribution in [3.8, 4) is 0 Å². The fraction of sp³-hybridized carbons (Fsp3) is 0. The number of phosphoric acid groups is 1. The van der Waals surface area contributed by atoms with E-state index in [-0.39, 0.29) is 139 Å². The molecule has 0 fully saturated rings. The summed E-state index contributed by atoms with van der Waals surface area (Å²) in [5.74, 6) is 0. The van der Waals surface area contributed by atoms with Crippen LogP contribution in [0.4, 0.5) is 0 Å². The third kappa shape index (κ3) is 1270. The van der Waals surface area contributed by atoms with Crippen LogP contribution < -0.4 is 0 Å². The maximum absolute atomic E-state index is 8.88. The van der Waals surface area contributed by atoms with Gasteiger partial charge in [-0.15, -0.1) is 0 Å². The molecule has 15 nitrogen and oxygen atoms in total. The van der Waals surface area contributed by atoms with Crippen LogP contribution >= 0.6 is 7.82 Å². The molecule has 0 aromatic heterocycles. The first kappa shape index (κ1) is 220. The molecule has 0 atom stereocenters. The smallest absolute Gasteiger partial charge is 0.457 e. The summed E-state index contributed by atoms with van der Waals surface area (Å²) >= 11 is 0. The minimum Gasteiger partial charge on any atom is -0.457 e. The molecule has 26 N–H and O–H groups in total. The van der Waals surface area contributed by atoms with Crippen molar-refractivity contribution in [2.45, 2.75) is 0 Å². The first-order chi connectivity index (χ1) is 2.00. The zero-order chi connectivity index (χ0) is 4.50. The Hall–Kier alpha value is 2.32. The molecule has 0 aliphatic carbocycles. The van der Waals surface area contributed by atoms with Gasteiger partial charge >= 0.3 is 7.82 Å². The summed E-state index contributed by atoms with van der Waals surface area (Å²) in [5.41, 5.74) is 0. The summed E-state index contributed by atoms with van der Waals surface area (Å²) in [6, 6.07) is 0. The Morgan fingerprint density at radius 3 is 0.474 bits per heavy atom. The molecule has 0 bridgehead atoms. The van der Waals surface area contributed by atoms with Gasteiger partial charge in [0, 0.05) is 78.6 Å². The van der Waals surface area contributed by atoms with Crippen LogP contribution in [0.25, 0.3) is 0 Å². The van der Waals surface area contributed by atoms with Crippen LogP contribution in [0.1, 0.15) is 0 Å². The van der Waals surface area contributed by atoms with Gasteiger partial charge in [-0.3, -0.25) is 0 Å². The Morgan fingerprint density at radius 1 is 0.474 bits per heavy atom. The van der Waals surface area contributed by atoms with E-state index in [0.717, 1.165) is 0 Å². The third-order valence-corrected chi connectivity index (χ3v) is 0. The Morgan fingerprint density at radius 2 is 0.474 bits per heavy atom. The summed E-state index contributed by atoms with van der Waals surface area (Å²) in [4.78, 5) is 21.6. The number of hydrogen-bond donors (Lipinski definition) is 3. The first-order valence-corrected chi connectivity index (χ1v) is 2.35. The van der Waals surface area contributed by atoms with Gasteiger partial charge in [0.1, 0.15) is 0 Å². The van der Waals surface area contributed by atoms with Crippen LogP contribution in [0.2, 0.25) is 0 Å². The van der Waals surface area contributed by atoms with E-state index >= 15 is 0 Å². The van der Waals surface area contributed by atoms with E-state index in [1.54, 1.807) is 0 Å². The average Bonchev–Trinajstić information content (AvgIpc) is 0.722. The largest absolute Gasteiger partial charge is 0.466 e. The van der Waals surface area contributed by atoms with Crippen LogP contribution in [-0.2, 0) is 88.7 Å². The molecule has 0 aromatic carbocycles. The fourth-order valence-electron chi connectivity index (χ4n) is 0. The normalized spacial score (nSPS) is 3.11. The van der Waals surface area contributed by atoms with Crippen molar-refractivity contribution in [3.05, 3.63) is 0 Å². The molecular formula is H26O15PZr3+. The van der Waals surface area contributed by atoms with E-state index in [1.807, 2.05) is 0 Å². The summed E-state index contributed by atoms with van der Waals surface area (Å²) < 4.78 is 8.88. The second kappa shape index (κ2) is 110. The van der Waals surface area contributed by atoms with Crippen LogP contribution in [0, 0.1) is 0 Å². The van der Waals surface area contributed by atoms with Gasteiger partial charge in [0.25, 0.3) is 0 Å². The predicted octanol–water partition coefficient (Wildman–Crippen LogP) is -10.1. The monoisotopic (exact) mass is 567 g/mol. The second-order valence-corrected chi connectivity index (χ2v) is 1.54. The number of rotatable bonds is 0. The van der Waals surface area contributed by atoms with Gasteiger partial charge in [-0.1, -0.05) is 0 Å². The van der Waals surface area contributed by atoms with E-state index in [1.165, 1.54) is 0 Å². The zero-order valence-corrected chi connectivity index (χ0v) is 17.5. The quantitative estimate of drug-likeness (QED) is 0.188. The molecule has 0 spiro atoms. The van der Waals surface area contributed by atoms with Gasteiger partial charge in [-0.05, 0) is 0 Å². The van der Waals surface area contributed by atoms with Gasteiger partial charge in [-0.25, -0.2) is 4.57 Å². The molecule has 0 aromatic rings. The summed E-state index contributed by atoms with van der Waals surface area (Å²) in [5, 5.41) is 0. The van der Waals surface area contributed by atoms with E-state index < -0.39 is 7.82 Å². The molecule has 0 heterocycles. The molecule has 0 unspecified atom stereocenters. The van der Waals surface area contributed by atoms with E-state index in [0.29, 0.717) is 0 Å². The van der Waals surface area contributed by atoms with E-state index in [2.05, 4.69) is 0 Å². The van der Waals surface area contributed by atoms with Crippen LogP contribution in [0.3, 0.4) is 0 Å². The van der Waals surface area contributed by atoms with Gasteiger partial charge in [0.05, 0.1) is 0 Å². The predicted molar refractivity (Wildman–Crippen MR) is 55.3 cm³/mol. The van der Waals surface area contributed by atoms with Crippen LogP contribution in [0.5, 0.6) is 0 Å². The molecule has 0 rings (SSSR count). The van der Waals surface area contributed by atoms with Crippen molar-refractivity contribution in [1.82, 2.24) is 0 Å². The molecule has 19 heavy (non-hydrogen) atoms. The Labute approximate surface area is 164 Å². The van der Waals surface area contributed by atoms with Crippen molar-refractivity contribution in [2.24, 2.45) is 0 Å². The van der Waals surface area contributed by atoms with Crippen LogP contribution in [0.15, 0.2) is 0 Å². The van der Waals surface area contributed by atoms with Gasteiger partial charge < -0.3 is 74.9 Å². The molecule has 132 valence electrons. The van der Waals surface area contributed by atoms with E-state index in [4.69, 9.17) is 19.2 Å². The maximum Gasteiger partial charge on any atom is 0.466 e. The molecule has 0 aliphatic rings. The summed E-state index contributed by atoms with van der Waals surface area (Å²) in [6.07, 6.45) is 0. The molecule has 0 amide bonds. The van der Waals surface area contributed by atoms with Crippen molar-refractivity contribution in [1.29, 1.82) is 0 Å². The summed E-state index contributed by atoms with van der Waals surface area (Å²) in [6.45, 7) is 0.